The molecule has 92 valence electrons. The number of rotatable bonds is 5. The van der Waals surface area contributed by atoms with E-state index in [1.165, 1.54) is 17.0 Å². The fourth-order valence-electron chi connectivity index (χ4n) is 1.91. The molecule has 0 amide bonds. The minimum Gasteiger partial charge on any atom is -0.337 e. The minimum atomic E-state index is 0.828. The molecule has 1 N–H and O–H groups in total. The molecule has 0 aliphatic heterocycles. The maximum atomic E-state index is 4.42. The van der Waals surface area contributed by atoms with Crippen LogP contribution in [0.4, 0.5) is 0 Å². The lowest BCUT2D eigenvalue weighted by Crippen LogP contribution is -2.15. The minimum absolute atomic E-state index is 0.828. The Hall–Kier alpha value is -1.62. The molecule has 5 heteroatoms. The largest absolute Gasteiger partial charge is 0.337 e. The van der Waals surface area contributed by atoms with Crippen molar-refractivity contribution in [3.8, 4) is 0 Å². The van der Waals surface area contributed by atoms with Crippen molar-refractivity contribution in [2.45, 2.75) is 26.4 Å². The smallest absolute Gasteiger partial charge is 0.0945 e. The predicted molar refractivity (Wildman–Crippen MR) is 66.3 cm³/mol. The van der Waals surface area contributed by atoms with Crippen molar-refractivity contribution < 1.29 is 0 Å². The zero-order valence-electron chi connectivity index (χ0n) is 10.6. The van der Waals surface area contributed by atoms with Crippen molar-refractivity contribution in [2.75, 3.05) is 0 Å². The van der Waals surface area contributed by atoms with Gasteiger partial charge in [0.1, 0.15) is 0 Å². The van der Waals surface area contributed by atoms with Gasteiger partial charge in [-0.3, -0.25) is 4.68 Å². The first-order valence-corrected chi connectivity index (χ1v) is 5.88. The van der Waals surface area contributed by atoms with Crippen LogP contribution >= 0.6 is 0 Å². The highest BCUT2D eigenvalue weighted by atomic mass is 15.3. The second-order valence-electron chi connectivity index (χ2n) is 4.23. The second kappa shape index (κ2) is 5.14. The quantitative estimate of drug-likeness (QED) is 0.838. The van der Waals surface area contributed by atoms with Gasteiger partial charge in [0.05, 0.1) is 17.7 Å². The molecular formula is C12H19N5. The fraction of sp³-hybridized carbons (Fsp3) is 0.500. The molecule has 0 unspecified atom stereocenters. The normalized spacial score (nSPS) is 11.0. The van der Waals surface area contributed by atoms with Crippen LogP contribution in [-0.4, -0.2) is 19.3 Å². The van der Waals surface area contributed by atoms with Crippen LogP contribution in [-0.2, 0) is 33.6 Å². The third-order valence-corrected chi connectivity index (χ3v) is 2.86. The molecule has 2 aromatic rings. The Labute approximate surface area is 101 Å². The van der Waals surface area contributed by atoms with E-state index in [0.717, 1.165) is 19.5 Å². The van der Waals surface area contributed by atoms with Crippen LogP contribution in [0.3, 0.4) is 0 Å². The highest BCUT2D eigenvalue weighted by Gasteiger charge is 2.05. The van der Waals surface area contributed by atoms with E-state index in [4.69, 9.17) is 0 Å². The molecule has 2 rings (SSSR count). The summed E-state index contributed by atoms with van der Waals surface area (Å²) in [5.74, 6) is 0. The summed E-state index contributed by atoms with van der Waals surface area (Å²) in [6.45, 7) is 3.81. The number of imidazole rings is 1. The number of aryl methyl sites for hydroxylation is 3. The van der Waals surface area contributed by atoms with Gasteiger partial charge in [0.25, 0.3) is 0 Å². The molecule has 0 spiro atoms. The standard InChI is InChI=1S/C12H19N5/c1-4-12-10(8-17(3)15-12)5-13-6-11-7-14-9-16(11)2/h7-9,13H,4-6H2,1-3H3. The molecule has 0 bridgehead atoms. The Kier molecular flexibility index (Phi) is 3.58. The lowest BCUT2D eigenvalue weighted by atomic mass is 10.2. The van der Waals surface area contributed by atoms with E-state index in [2.05, 4.69) is 28.5 Å². The first kappa shape index (κ1) is 11.9. The van der Waals surface area contributed by atoms with E-state index < -0.39 is 0 Å². The monoisotopic (exact) mass is 233 g/mol. The molecule has 0 saturated carbocycles. The van der Waals surface area contributed by atoms with Crippen molar-refractivity contribution >= 4 is 0 Å². The zero-order chi connectivity index (χ0) is 12.3. The summed E-state index contributed by atoms with van der Waals surface area (Å²) in [6, 6.07) is 0. The maximum absolute atomic E-state index is 4.42. The third-order valence-electron chi connectivity index (χ3n) is 2.86. The summed E-state index contributed by atoms with van der Waals surface area (Å²) < 4.78 is 3.90. The van der Waals surface area contributed by atoms with Gasteiger partial charge in [-0.1, -0.05) is 6.92 Å². The van der Waals surface area contributed by atoms with Gasteiger partial charge in [-0.05, 0) is 6.42 Å². The third kappa shape index (κ3) is 2.74. The van der Waals surface area contributed by atoms with Crippen LogP contribution in [0.1, 0.15) is 23.9 Å². The van der Waals surface area contributed by atoms with E-state index in [0.29, 0.717) is 0 Å². The van der Waals surface area contributed by atoms with Crippen LogP contribution in [0, 0.1) is 0 Å². The van der Waals surface area contributed by atoms with Crippen LogP contribution < -0.4 is 5.32 Å². The fourth-order valence-corrected chi connectivity index (χ4v) is 1.91. The van der Waals surface area contributed by atoms with Crippen molar-refractivity contribution in [1.82, 2.24) is 24.6 Å². The lowest BCUT2D eigenvalue weighted by Gasteiger charge is -2.04. The average Bonchev–Trinajstić information content (AvgIpc) is 2.86. The molecule has 0 atom stereocenters. The Morgan fingerprint density at radius 2 is 2.12 bits per heavy atom. The molecule has 0 aromatic carbocycles. The first-order valence-electron chi connectivity index (χ1n) is 5.88. The summed E-state index contributed by atoms with van der Waals surface area (Å²) in [4.78, 5) is 4.09. The van der Waals surface area contributed by atoms with Gasteiger partial charge in [-0.25, -0.2) is 4.98 Å². The van der Waals surface area contributed by atoms with Crippen molar-refractivity contribution in [3.63, 3.8) is 0 Å². The zero-order valence-corrected chi connectivity index (χ0v) is 10.6. The Morgan fingerprint density at radius 1 is 1.29 bits per heavy atom. The van der Waals surface area contributed by atoms with E-state index in [1.807, 2.05) is 35.9 Å². The van der Waals surface area contributed by atoms with Crippen molar-refractivity contribution in [1.29, 1.82) is 0 Å². The SMILES string of the molecule is CCc1nn(C)cc1CNCc1cncn1C. The van der Waals surface area contributed by atoms with E-state index in [-0.39, 0.29) is 0 Å². The van der Waals surface area contributed by atoms with Gasteiger partial charge in [0, 0.05) is 45.1 Å². The van der Waals surface area contributed by atoms with Gasteiger partial charge >= 0.3 is 0 Å². The van der Waals surface area contributed by atoms with Gasteiger partial charge in [0.15, 0.2) is 0 Å². The molecule has 2 heterocycles. The number of hydrogen-bond donors (Lipinski definition) is 1. The summed E-state index contributed by atoms with van der Waals surface area (Å²) in [7, 11) is 3.97. The summed E-state index contributed by atoms with van der Waals surface area (Å²) >= 11 is 0. The number of hydrogen-bond acceptors (Lipinski definition) is 3. The molecular weight excluding hydrogens is 214 g/mol. The highest BCUT2D eigenvalue weighted by molar-refractivity contribution is 5.16. The first-order chi connectivity index (χ1) is 8.20. The average molecular weight is 233 g/mol. The number of aromatic nitrogens is 4. The molecule has 0 saturated heterocycles. The Morgan fingerprint density at radius 3 is 2.76 bits per heavy atom. The second-order valence-corrected chi connectivity index (χ2v) is 4.23. The highest BCUT2D eigenvalue weighted by Crippen LogP contribution is 2.07. The Bertz CT molecular complexity index is 483. The van der Waals surface area contributed by atoms with Crippen LogP contribution in [0.25, 0.3) is 0 Å². The van der Waals surface area contributed by atoms with Gasteiger partial charge in [-0.15, -0.1) is 0 Å². The maximum Gasteiger partial charge on any atom is 0.0945 e. The number of nitrogens with one attached hydrogen (secondary N) is 1. The molecule has 5 nitrogen and oxygen atoms in total. The van der Waals surface area contributed by atoms with Gasteiger partial charge < -0.3 is 9.88 Å². The summed E-state index contributed by atoms with van der Waals surface area (Å²) in [5, 5.41) is 7.84. The molecule has 2 aromatic heterocycles. The molecule has 0 fully saturated rings. The van der Waals surface area contributed by atoms with Crippen LogP contribution in [0.2, 0.25) is 0 Å². The van der Waals surface area contributed by atoms with Crippen molar-refractivity contribution in [3.05, 3.63) is 35.7 Å². The summed E-state index contributed by atoms with van der Waals surface area (Å²) in [5.41, 5.74) is 3.63. The van der Waals surface area contributed by atoms with Crippen LogP contribution in [0.5, 0.6) is 0 Å². The topological polar surface area (TPSA) is 47.7 Å². The van der Waals surface area contributed by atoms with E-state index in [1.54, 1.807) is 0 Å². The Balaban J connectivity index is 1.92. The van der Waals surface area contributed by atoms with E-state index in [9.17, 15) is 0 Å². The predicted octanol–water partition coefficient (Wildman–Crippen LogP) is 1.01. The number of nitrogens with zero attached hydrogens (tertiary/aromatic N) is 4. The molecule has 0 radical (unpaired) electrons. The molecule has 0 aliphatic rings. The summed E-state index contributed by atoms with van der Waals surface area (Å²) in [6.07, 6.45) is 6.76. The lowest BCUT2D eigenvalue weighted by molar-refractivity contribution is 0.652. The van der Waals surface area contributed by atoms with Gasteiger partial charge in [0.2, 0.25) is 0 Å². The van der Waals surface area contributed by atoms with Crippen molar-refractivity contribution in [2.24, 2.45) is 14.1 Å². The van der Waals surface area contributed by atoms with E-state index >= 15 is 0 Å². The molecule has 17 heavy (non-hydrogen) atoms. The molecule has 0 aliphatic carbocycles. The van der Waals surface area contributed by atoms with Crippen LogP contribution in [0.15, 0.2) is 18.7 Å². The van der Waals surface area contributed by atoms with Gasteiger partial charge in [-0.2, -0.15) is 5.10 Å².